The second-order valence-corrected chi connectivity index (χ2v) is 8.94. The zero-order valence-corrected chi connectivity index (χ0v) is 14.2. The van der Waals surface area contributed by atoms with E-state index in [9.17, 15) is 9.47 Å². The van der Waals surface area contributed by atoms with E-state index in [2.05, 4.69) is 45.9 Å². The number of rotatable bonds is 2. The molecule has 0 saturated heterocycles. The Labute approximate surface area is 131 Å². The van der Waals surface area contributed by atoms with E-state index in [0.717, 1.165) is 24.2 Å². The van der Waals surface area contributed by atoms with E-state index in [-0.39, 0.29) is 16.6 Å². The summed E-state index contributed by atoms with van der Waals surface area (Å²) in [5.41, 5.74) is 1.35. The highest BCUT2D eigenvalue weighted by Crippen LogP contribution is 2.34. The zero-order chi connectivity index (χ0) is 15.6. The van der Waals surface area contributed by atoms with Crippen LogP contribution in [0, 0.1) is 23.2 Å². The molecule has 0 radical (unpaired) electrons. The van der Waals surface area contributed by atoms with Gasteiger partial charge in [0.15, 0.2) is 0 Å². The maximum atomic E-state index is 12.8. The second-order valence-electron chi connectivity index (χ2n) is 7.26. The fraction of sp³-hybridized carbons (Fsp3) is 0.611. The van der Waals surface area contributed by atoms with Crippen LogP contribution in [-0.4, -0.2) is 9.46 Å². The smallest absolute Gasteiger partial charge is 0.0668 e. The lowest BCUT2D eigenvalue weighted by molar-refractivity contribution is 0.341. The quantitative estimate of drug-likeness (QED) is 0.811. The summed E-state index contributed by atoms with van der Waals surface area (Å²) in [4.78, 5) is 0.863. The van der Waals surface area contributed by atoms with Gasteiger partial charge in [-0.3, -0.25) is 4.21 Å². The van der Waals surface area contributed by atoms with Gasteiger partial charge in [-0.05, 0) is 48.3 Å². The van der Waals surface area contributed by atoms with Crippen LogP contribution in [-0.2, 0) is 16.2 Å². The molecule has 0 amide bonds. The van der Waals surface area contributed by atoms with Crippen LogP contribution < -0.4 is 0 Å². The molecule has 0 aliphatic heterocycles. The van der Waals surface area contributed by atoms with Crippen molar-refractivity contribution in [3.8, 4) is 6.07 Å². The molecule has 0 spiro atoms. The first-order valence-corrected chi connectivity index (χ1v) is 8.95. The molecule has 1 aliphatic rings. The van der Waals surface area contributed by atoms with E-state index in [1.165, 1.54) is 5.56 Å². The van der Waals surface area contributed by atoms with E-state index in [4.69, 9.17) is 0 Å². The first-order valence-electron chi connectivity index (χ1n) is 7.73. The Kier molecular flexibility index (Phi) is 4.88. The zero-order valence-electron chi connectivity index (χ0n) is 13.4. The van der Waals surface area contributed by atoms with E-state index >= 15 is 0 Å². The van der Waals surface area contributed by atoms with Crippen molar-refractivity contribution in [3.05, 3.63) is 29.8 Å². The number of hydrogen-bond acceptors (Lipinski definition) is 2. The van der Waals surface area contributed by atoms with Crippen LogP contribution in [0.2, 0.25) is 0 Å². The van der Waals surface area contributed by atoms with Gasteiger partial charge in [0.05, 0.1) is 28.0 Å². The molecule has 1 aromatic carbocycles. The minimum absolute atomic E-state index is 0.0146. The van der Waals surface area contributed by atoms with Gasteiger partial charge < -0.3 is 0 Å². The molecule has 1 fully saturated rings. The number of hydrogen-bond donors (Lipinski definition) is 0. The minimum Gasteiger partial charge on any atom is -0.254 e. The average Bonchev–Trinajstić information content (AvgIpc) is 2.45. The molecule has 0 heterocycles. The predicted octanol–water partition coefficient (Wildman–Crippen LogP) is 4.42. The molecule has 21 heavy (non-hydrogen) atoms. The van der Waals surface area contributed by atoms with Crippen molar-refractivity contribution in [2.75, 3.05) is 0 Å². The monoisotopic (exact) mass is 303 g/mol. The van der Waals surface area contributed by atoms with Crippen LogP contribution in [0.15, 0.2) is 29.2 Å². The number of nitriles is 1. The van der Waals surface area contributed by atoms with Crippen LogP contribution in [0.3, 0.4) is 0 Å². The predicted molar refractivity (Wildman–Crippen MR) is 87.5 cm³/mol. The molecule has 2 rings (SSSR count). The summed E-state index contributed by atoms with van der Waals surface area (Å²) in [7, 11) is -1.08. The standard InChI is InChI=1S/C18H25NOS/c1-13-5-6-14(12-19)17(11-13)21(20)16-9-7-15(8-10-16)18(2,3)4/h7-10,13-14,17H,5-6,11H2,1-4H3. The van der Waals surface area contributed by atoms with E-state index in [1.807, 2.05) is 12.1 Å². The fourth-order valence-electron chi connectivity index (χ4n) is 2.98. The largest absolute Gasteiger partial charge is 0.254 e. The van der Waals surface area contributed by atoms with Gasteiger partial charge in [-0.1, -0.05) is 39.8 Å². The lowest BCUT2D eigenvalue weighted by Gasteiger charge is -2.30. The van der Waals surface area contributed by atoms with Crippen LogP contribution in [0.1, 0.15) is 52.5 Å². The van der Waals surface area contributed by atoms with Crippen LogP contribution in [0.4, 0.5) is 0 Å². The summed E-state index contributed by atoms with van der Waals surface area (Å²) in [6, 6.07) is 10.5. The molecule has 0 N–H and O–H groups in total. The van der Waals surface area contributed by atoms with Crippen molar-refractivity contribution >= 4 is 10.8 Å². The van der Waals surface area contributed by atoms with Crippen molar-refractivity contribution < 1.29 is 4.21 Å². The molecule has 4 unspecified atom stereocenters. The molecule has 0 bridgehead atoms. The Bertz CT molecular complexity index is 550. The molecule has 0 aromatic heterocycles. The maximum Gasteiger partial charge on any atom is 0.0668 e. The lowest BCUT2D eigenvalue weighted by atomic mass is 9.83. The lowest BCUT2D eigenvalue weighted by Crippen LogP contribution is -2.31. The average molecular weight is 303 g/mol. The molecule has 1 aliphatic carbocycles. The Hall–Kier alpha value is -1.14. The number of nitrogens with zero attached hydrogens (tertiary/aromatic N) is 1. The van der Waals surface area contributed by atoms with Crippen molar-refractivity contribution in [3.63, 3.8) is 0 Å². The second kappa shape index (κ2) is 6.32. The normalized spacial score (nSPS) is 27.9. The minimum atomic E-state index is -1.08. The van der Waals surface area contributed by atoms with E-state index in [1.54, 1.807) is 0 Å². The first-order chi connectivity index (χ1) is 9.82. The van der Waals surface area contributed by atoms with Crippen molar-refractivity contribution in [1.82, 2.24) is 0 Å². The summed E-state index contributed by atoms with van der Waals surface area (Å²) in [6.07, 6.45) is 2.86. The highest BCUT2D eigenvalue weighted by atomic mass is 32.2. The van der Waals surface area contributed by atoms with Crippen LogP contribution in [0.5, 0.6) is 0 Å². The summed E-state index contributed by atoms with van der Waals surface area (Å²) >= 11 is 0. The molecule has 3 heteroatoms. The third-order valence-corrected chi connectivity index (χ3v) is 6.26. The van der Waals surface area contributed by atoms with Gasteiger partial charge in [-0.15, -0.1) is 0 Å². The first kappa shape index (κ1) is 16.2. The fourth-order valence-corrected chi connectivity index (χ4v) is 4.73. The van der Waals surface area contributed by atoms with Gasteiger partial charge in [0.2, 0.25) is 0 Å². The third kappa shape index (κ3) is 3.74. The molecular weight excluding hydrogens is 278 g/mol. The van der Waals surface area contributed by atoms with Crippen molar-refractivity contribution in [2.45, 2.75) is 62.5 Å². The van der Waals surface area contributed by atoms with Crippen molar-refractivity contribution in [2.24, 2.45) is 11.8 Å². The van der Waals surface area contributed by atoms with Crippen LogP contribution in [0.25, 0.3) is 0 Å². The maximum absolute atomic E-state index is 12.8. The Morgan fingerprint density at radius 2 is 1.81 bits per heavy atom. The molecule has 2 nitrogen and oxygen atoms in total. The summed E-state index contributed by atoms with van der Waals surface area (Å²) < 4.78 is 12.8. The van der Waals surface area contributed by atoms with E-state index < -0.39 is 10.8 Å². The third-order valence-electron chi connectivity index (χ3n) is 4.45. The number of benzene rings is 1. The van der Waals surface area contributed by atoms with Gasteiger partial charge in [0.1, 0.15) is 0 Å². The molecule has 114 valence electrons. The van der Waals surface area contributed by atoms with Crippen molar-refractivity contribution in [1.29, 1.82) is 5.26 Å². The summed E-state index contributed by atoms with van der Waals surface area (Å²) in [6.45, 7) is 8.72. The Balaban J connectivity index is 2.21. The van der Waals surface area contributed by atoms with Gasteiger partial charge in [0, 0.05) is 4.90 Å². The SMILES string of the molecule is CC1CCC(C#N)C(S(=O)c2ccc(C(C)(C)C)cc2)C1. The molecule has 4 atom stereocenters. The highest BCUT2D eigenvalue weighted by molar-refractivity contribution is 7.85. The Morgan fingerprint density at radius 1 is 1.19 bits per heavy atom. The van der Waals surface area contributed by atoms with Gasteiger partial charge in [-0.2, -0.15) is 5.26 Å². The molecular formula is C18H25NOS. The summed E-state index contributed by atoms with van der Waals surface area (Å²) in [5.74, 6) is 0.502. The van der Waals surface area contributed by atoms with E-state index in [0.29, 0.717) is 5.92 Å². The highest BCUT2D eigenvalue weighted by Gasteiger charge is 2.33. The van der Waals surface area contributed by atoms with Crippen LogP contribution >= 0.6 is 0 Å². The van der Waals surface area contributed by atoms with Gasteiger partial charge >= 0.3 is 0 Å². The van der Waals surface area contributed by atoms with Gasteiger partial charge in [0.25, 0.3) is 0 Å². The topological polar surface area (TPSA) is 40.9 Å². The molecule has 1 aromatic rings. The Morgan fingerprint density at radius 3 is 2.33 bits per heavy atom. The summed E-state index contributed by atoms with van der Waals surface area (Å²) in [5, 5.41) is 9.30. The molecule has 1 saturated carbocycles. The van der Waals surface area contributed by atoms with Gasteiger partial charge in [-0.25, -0.2) is 0 Å².